The summed E-state index contributed by atoms with van der Waals surface area (Å²) in [7, 11) is 0. The van der Waals surface area contributed by atoms with Gasteiger partial charge in [0.1, 0.15) is 12.1 Å². The second kappa shape index (κ2) is 4.87. The molecular weight excluding hydrogens is 260 g/mol. The predicted octanol–water partition coefficient (Wildman–Crippen LogP) is 0.607. The average molecular weight is 274 g/mol. The molecule has 0 atom stereocenters. The summed E-state index contributed by atoms with van der Waals surface area (Å²) >= 11 is 0. The van der Waals surface area contributed by atoms with Gasteiger partial charge >= 0.3 is 0 Å². The fourth-order valence-electron chi connectivity index (χ4n) is 2.01. The second-order valence-electron chi connectivity index (χ2n) is 4.33. The summed E-state index contributed by atoms with van der Waals surface area (Å²) in [5, 5.41) is 7.94. The van der Waals surface area contributed by atoms with E-state index in [1.807, 2.05) is 13.8 Å². The number of hydrogen-bond acceptors (Lipinski definition) is 6. The Morgan fingerprint density at radius 1 is 1.35 bits per heavy atom. The van der Waals surface area contributed by atoms with Crippen LogP contribution in [0.5, 0.6) is 0 Å². The van der Waals surface area contributed by atoms with Gasteiger partial charge in [0, 0.05) is 13.0 Å². The first-order valence-electron chi connectivity index (χ1n) is 6.45. The molecule has 0 aliphatic rings. The van der Waals surface area contributed by atoms with Crippen molar-refractivity contribution in [2.75, 3.05) is 0 Å². The topological polar surface area (TPSA) is 91.6 Å². The molecule has 8 heteroatoms. The van der Waals surface area contributed by atoms with Gasteiger partial charge < -0.3 is 4.52 Å². The maximum Gasteiger partial charge on any atom is 0.279 e. The molecule has 0 saturated carbocycles. The molecule has 0 unspecified atom stereocenters. The molecule has 0 saturated heterocycles. The smallest absolute Gasteiger partial charge is 0.279 e. The fourth-order valence-corrected chi connectivity index (χ4v) is 2.01. The zero-order valence-electron chi connectivity index (χ0n) is 11.3. The quantitative estimate of drug-likeness (QED) is 0.692. The van der Waals surface area contributed by atoms with E-state index in [0.717, 1.165) is 0 Å². The lowest BCUT2D eigenvalue weighted by Crippen LogP contribution is -2.23. The number of rotatable bonds is 4. The molecule has 3 heterocycles. The van der Waals surface area contributed by atoms with Crippen LogP contribution in [0.15, 0.2) is 21.8 Å². The van der Waals surface area contributed by atoms with Crippen molar-refractivity contribution in [3.8, 4) is 0 Å². The number of hydrogen-bond donors (Lipinski definition) is 0. The van der Waals surface area contributed by atoms with Crippen LogP contribution in [0.25, 0.3) is 11.0 Å². The fraction of sp³-hybridized carbons (Fsp3) is 0.417. The summed E-state index contributed by atoms with van der Waals surface area (Å²) in [6.07, 6.45) is 3.76. The summed E-state index contributed by atoms with van der Waals surface area (Å²) in [4.78, 5) is 20.8. The molecule has 20 heavy (non-hydrogen) atoms. The maximum atomic E-state index is 12.4. The molecule has 0 N–H and O–H groups in total. The number of aryl methyl sites for hydroxylation is 2. The van der Waals surface area contributed by atoms with Crippen LogP contribution in [0.3, 0.4) is 0 Å². The third-order valence-electron chi connectivity index (χ3n) is 3.05. The summed E-state index contributed by atoms with van der Waals surface area (Å²) in [5.74, 6) is 1.02. The Labute approximate surface area is 114 Å². The van der Waals surface area contributed by atoms with Crippen molar-refractivity contribution in [2.45, 2.75) is 33.4 Å². The summed E-state index contributed by atoms with van der Waals surface area (Å²) in [6.45, 7) is 4.69. The van der Waals surface area contributed by atoms with E-state index < -0.39 is 0 Å². The van der Waals surface area contributed by atoms with E-state index in [1.165, 1.54) is 10.9 Å². The first-order valence-corrected chi connectivity index (χ1v) is 6.45. The lowest BCUT2D eigenvalue weighted by Gasteiger charge is -2.02. The van der Waals surface area contributed by atoms with Crippen LogP contribution in [-0.4, -0.2) is 29.5 Å². The standard InChI is InChI=1S/C12H14N6O2/c1-3-9-15-10(20-16-9)6-17-7-13-8-5-14-18(4-2)11(8)12(17)19/h5,7H,3-4,6H2,1-2H3. The second-order valence-corrected chi connectivity index (χ2v) is 4.33. The van der Waals surface area contributed by atoms with Crippen LogP contribution in [0.1, 0.15) is 25.6 Å². The van der Waals surface area contributed by atoms with Gasteiger partial charge in [0.2, 0.25) is 5.89 Å². The molecule has 3 rings (SSSR count). The molecule has 0 amide bonds. The lowest BCUT2D eigenvalue weighted by atomic mass is 10.4. The first-order chi connectivity index (χ1) is 9.72. The number of nitrogens with zero attached hydrogens (tertiary/aromatic N) is 6. The van der Waals surface area contributed by atoms with Gasteiger partial charge in [0.15, 0.2) is 11.3 Å². The molecule has 0 radical (unpaired) electrons. The Hall–Kier alpha value is -2.51. The van der Waals surface area contributed by atoms with Crippen LogP contribution < -0.4 is 5.56 Å². The number of fused-ring (bicyclic) bond motifs is 1. The molecule has 3 aromatic rings. The van der Waals surface area contributed by atoms with Gasteiger partial charge in [0.05, 0.1) is 12.5 Å². The van der Waals surface area contributed by atoms with Crippen molar-refractivity contribution in [3.63, 3.8) is 0 Å². The van der Waals surface area contributed by atoms with Crippen LogP contribution >= 0.6 is 0 Å². The van der Waals surface area contributed by atoms with E-state index in [0.29, 0.717) is 35.7 Å². The Kier molecular flexibility index (Phi) is 3.05. The van der Waals surface area contributed by atoms with Crippen LogP contribution in [0.4, 0.5) is 0 Å². The van der Waals surface area contributed by atoms with Gasteiger partial charge in [-0.25, -0.2) is 4.98 Å². The van der Waals surface area contributed by atoms with Crippen molar-refractivity contribution in [3.05, 3.63) is 34.6 Å². The highest BCUT2D eigenvalue weighted by Crippen LogP contribution is 2.06. The van der Waals surface area contributed by atoms with E-state index in [4.69, 9.17) is 4.52 Å². The third-order valence-corrected chi connectivity index (χ3v) is 3.05. The highest BCUT2D eigenvalue weighted by atomic mass is 16.5. The van der Waals surface area contributed by atoms with Crippen LogP contribution in [0.2, 0.25) is 0 Å². The van der Waals surface area contributed by atoms with Crippen molar-refractivity contribution < 1.29 is 4.52 Å². The predicted molar refractivity (Wildman–Crippen MR) is 70.2 cm³/mol. The minimum atomic E-state index is -0.161. The molecular formula is C12H14N6O2. The minimum absolute atomic E-state index is 0.161. The van der Waals surface area contributed by atoms with Crippen LogP contribution in [-0.2, 0) is 19.5 Å². The van der Waals surface area contributed by atoms with Crippen molar-refractivity contribution in [2.24, 2.45) is 0 Å². The minimum Gasteiger partial charge on any atom is -0.337 e. The summed E-state index contributed by atoms with van der Waals surface area (Å²) in [6, 6.07) is 0. The van der Waals surface area contributed by atoms with E-state index >= 15 is 0 Å². The highest BCUT2D eigenvalue weighted by Gasteiger charge is 2.12. The van der Waals surface area contributed by atoms with Gasteiger partial charge in [-0.3, -0.25) is 14.0 Å². The normalized spacial score (nSPS) is 11.3. The molecule has 0 spiro atoms. The van der Waals surface area contributed by atoms with E-state index in [1.54, 1.807) is 10.9 Å². The zero-order valence-corrected chi connectivity index (χ0v) is 11.3. The van der Waals surface area contributed by atoms with Gasteiger partial charge in [-0.15, -0.1) is 0 Å². The maximum absolute atomic E-state index is 12.4. The average Bonchev–Trinajstić information content (AvgIpc) is 3.08. The van der Waals surface area contributed by atoms with E-state index in [2.05, 4.69) is 20.2 Å². The molecule has 8 nitrogen and oxygen atoms in total. The summed E-state index contributed by atoms with van der Waals surface area (Å²) in [5.41, 5.74) is 0.920. The molecule has 3 aromatic heterocycles. The van der Waals surface area contributed by atoms with Crippen molar-refractivity contribution >= 4 is 11.0 Å². The van der Waals surface area contributed by atoms with Crippen LogP contribution in [0, 0.1) is 0 Å². The zero-order chi connectivity index (χ0) is 14.1. The number of aromatic nitrogens is 6. The first kappa shape index (κ1) is 12.5. The van der Waals surface area contributed by atoms with Gasteiger partial charge in [-0.2, -0.15) is 10.1 Å². The summed E-state index contributed by atoms with van der Waals surface area (Å²) < 4.78 is 8.17. The molecule has 104 valence electrons. The van der Waals surface area contributed by atoms with Gasteiger partial charge in [-0.1, -0.05) is 12.1 Å². The van der Waals surface area contributed by atoms with E-state index in [9.17, 15) is 4.79 Å². The SMILES string of the molecule is CCc1noc(Cn2cnc3cnn(CC)c3c2=O)n1. The Bertz CT molecular complexity index is 800. The Morgan fingerprint density at radius 2 is 2.20 bits per heavy atom. The van der Waals surface area contributed by atoms with Gasteiger partial charge in [0.25, 0.3) is 5.56 Å². The van der Waals surface area contributed by atoms with Crippen molar-refractivity contribution in [1.29, 1.82) is 0 Å². The van der Waals surface area contributed by atoms with E-state index in [-0.39, 0.29) is 12.1 Å². The largest absolute Gasteiger partial charge is 0.337 e. The van der Waals surface area contributed by atoms with Crippen molar-refractivity contribution in [1.82, 2.24) is 29.5 Å². The molecule has 0 aromatic carbocycles. The molecule has 0 fully saturated rings. The Balaban J connectivity index is 2.03. The Morgan fingerprint density at radius 3 is 2.90 bits per heavy atom. The third kappa shape index (κ3) is 1.98. The molecule has 0 aliphatic heterocycles. The highest BCUT2D eigenvalue weighted by molar-refractivity contribution is 5.72. The molecule has 0 aliphatic carbocycles. The van der Waals surface area contributed by atoms with Gasteiger partial charge in [-0.05, 0) is 6.92 Å². The lowest BCUT2D eigenvalue weighted by molar-refractivity contribution is 0.365. The monoisotopic (exact) mass is 274 g/mol. The molecule has 0 bridgehead atoms.